The van der Waals surface area contributed by atoms with Crippen molar-refractivity contribution < 1.29 is 9.59 Å². The standard InChI is InChI=1S/C20H19ClN4O2S/c1-13-3-2-4-16(9-13)23-19(27)25-20-24-17(12-28-20)10-18(26)22-11-14-5-7-15(21)8-6-14/h2-9,12H,10-11H2,1H3,(H,22,26)(H2,23,24,25,27). The first-order valence-corrected chi connectivity index (χ1v) is 9.84. The molecule has 0 spiro atoms. The predicted molar refractivity (Wildman–Crippen MR) is 113 cm³/mol. The molecule has 0 radical (unpaired) electrons. The second kappa shape index (κ2) is 9.34. The van der Waals surface area contributed by atoms with E-state index in [0.29, 0.717) is 28.1 Å². The summed E-state index contributed by atoms with van der Waals surface area (Å²) in [5.74, 6) is -0.143. The zero-order valence-corrected chi connectivity index (χ0v) is 16.7. The quantitative estimate of drug-likeness (QED) is 0.550. The van der Waals surface area contributed by atoms with E-state index in [1.807, 2.05) is 43.3 Å². The van der Waals surface area contributed by atoms with Gasteiger partial charge in [-0.15, -0.1) is 11.3 Å². The van der Waals surface area contributed by atoms with E-state index in [4.69, 9.17) is 11.6 Å². The molecule has 0 bridgehead atoms. The van der Waals surface area contributed by atoms with Crippen molar-refractivity contribution >= 4 is 45.7 Å². The number of carbonyl (C=O) groups excluding carboxylic acids is 2. The van der Waals surface area contributed by atoms with Gasteiger partial charge in [0.05, 0.1) is 12.1 Å². The molecule has 3 amide bonds. The van der Waals surface area contributed by atoms with Crippen LogP contribution in [0.4, 0.5) is 15.6 Å². The lowest BCUT2D eigenvalue weighted by atomic mass is 10.2. The van der Waals surface area contributed by atoms with Crippen molar-refractivity contribution in [3.8, 4) is 0 Å². The van der Waals surface area contributed by atoms with Gasteiger partial charge < -0.3 is 10.6 Å². The van der Waals surface area contributed by atoms with Crippen LogP contribution in [0.1, 0.15) is 16.8 Å². The molecule has 28 heavy (non-hydrogen) atoms. The molecule has 8 heteroatoms. The predicted octanol–water partition coefficient (Wildman–Crippen LogP) is 4.61. The van der Waals surface area contributed by atoms with Gasteiger partial charge in [-0.25, -0.2) is 9.78 Å². The Hall–Kier alpha value is -2.90. The number of benzene rings is 2. The van der Waals surface area contributed by atoms with Gasteiger partial charge >= 0.3 is 6.03 Å². The highest BCUT2D eigenvalue weighted by atomic mass is 35.5. The maximum absolute atomic E-state index is 12.1. The fourth-order valence-electron chi connectivity index (χ4n) is 2.46. The van der Waals surface area contributed by atoms with Gasteiger partial charge in [0.25, 0.3) is 0 Å². The molecule has 144 valence electrons. The Morgan fingerprint density at radius 3 is 2.64 bits per heavy atom. The Balaban J connectivity index is 1.47. The third kappa shape index (κ3) is 6.07. The molecule has 0 aliphatic rings. The Kier molecular flexibility index (Phi) is 6.62. The van der Waals surface area contributed by atoms with Gasteiger partial charge in [0.1, 0.15) is 0 Å². The molecule has 2 aromatic carbocycles. The number of anilines is 2. The van der Waals surface area contributed by atoms with E-state index in [0.717, 1.165) is 11.1 Å². The van der Waals surface area contributed by atoms with E-state index < -0.39 is 0 Å². The number of hydrogen-bond donors (Lipinski definition) is 3. The van der Waals surface area contributed by atoms with Gasteiger partial charge in [-0.2, -0.15) is 0 Å². The number of carbonyl (C=O) groups is 2. The molecule has 1 aromatic heterocycles. The topological polar surface area (TPSA) is 83.1 Å². The maximum Gasteiger partial charge on any atom is 0.325 e. The van der Waals surface area contributed by atoms with E-state index in [1.54, 1.807) is 17.5 Å². The van der Waals surface area contributed by atoms with Crippen LogP contribution in [0.15, 0.2) is 53.9 Å². The van der Waals surface area contributed by atoms with E-state index in [2.05, 4.69) is 20.9 Å². The molecule has 0 saturated heterocycles. The van der Waals surface area contributed by atoms with Crippen molar-refractivity contribution in [2.75, 3.05) is 10.6 Å². The summed E-state index contributed by atoms with van der Waals surface area (Å²) in [6.45, 7) is 2.37. The first-order valence-electron chi connectivity index (χ1n) is 8.58. The highest BCUT2D eigenvalue weighted by Crippen LogP contribution is 2.17. The third-order valence-corrected chi connectivity index (χ3v) is 4.85. The van der Waals surface area contributed by atoms with Crippen LogP contribution < -0.4 is 16.0 Å². The van der Waals surface area contributed by atoms with Crippen LogP contribution in [-0.4, -0.2) is 16.9 Å². The Morgan fingerprint density at radius 2 is 1.89 bits per heavy atom. The fourth-order valence-corrected chi connectivity index (χ4v) is 3.29. The number of nitrogens with zero attached hydrogens (tertiary/aromatic N) is 1. The second-order valence-corrected chi connectivity index (χ2v) is 7.47. The third-order valence-electron chi connectivity index (χ3n) is 3.79. The highest BCUT2D eigenvalue weighted by Gasteiger charge is 2.10. The SMILES string of the molecule is Cc1cccc(NC(=O)Nc2nc(CC(=O)NCc3ccc(Cl)cc3)cs2)c1. The lowest BCUT2D eigenvalue weighted by molar-refractivity contribution is -0.120. The van der Waals surface area contributed by atoms with Gasteiger partial charge in [0.15, 0.2) is 5.13 Å². The average molecular weight is 415 g/mol. The molecule has 0 aliphatic heterocycles. The van der Waals surface area contributed by atoms with Crippen LogP contribution in [0.3, 0.4) is 0 Å². The average Bonchev–Trinajstić information content (AvgIpc) is 3.07. The van der Waals surface area contributed by atoms with Gasteiger partial charge in [-0.3, -0.25) is 10.1 Å². The van der Waals surface area contributed by atoms with E-state index in [-0.39, 0.29) is 18.4 Å². The van der Waals surface area contributed by atoms with Crippen LogP contribution in [0.25, 0.3) is 0 Å². The first kappa shape index (κ1) is 19.9. The summed E-state index contributed by atoms with van der Waals surface area (Å²) >= 11 is 7.12. The summed E-state index contributed by atoms with van der Waals surface area (Å²) in [4.78, 5) is 28.4. The number of aryl methyl sites for hydroxylation is 1. The summed E-state index contributed by atoms with van der Waals surface area (Å²) in [5, 5.41) is 11.1. The smallest absolute Gasteiger partial charge is 0.325 e. The molecule has 6 nitrogen and oxygen atoms in total. The van der Waals surface area contributed by atoms with Gasteiger partial charge in [-0.05, 0) is 42.3 Å². The summed E-state index contributed by atoms with van der Waals surface area (Å²) in [7, 11) is 0. The Labute approximate surface area is 172 Å². The minimum absolute atomic E-state index is 0.143. The van der Waals surface area contributed by atoms with Crippen LogP contribution in [-0.2, 0) is 17.8 Å². The zero-order chi connectivity index (χ0) is 19.9. The van der Waals surface area contributed by atoms with Gasteiger partial charge in [-0.1, -0.05) is 35.9 Å². The summed E-state index contributed by atoms with van der Waals surface area (Å²) in [6.07, 6.45) is 0.144. The molecule has 0 atom stereocenters. The molecule has 3 rings (SSSR count). The number of nitrogens with one attached hydrogen (secondary N) is 3. The lowest BCUT2D eigenvalue weighted by Crippen LogP contribution is -2.24. The van der Waals surface area contributed by atoms with Crippen LogP contribution in [0, 0.1) is 6.92 Å². The number of thiazole rings is 1. The van der Waals surface area contributed by atoms with Gasteiger partial charge in [0.2, 0.25) is 5.91 Å². The molecular formula is C20H19ClN4O2S. The molecule has 0 fully saturated rings. The van der Waals surface area contributed by atoms with Crippen molar-refractivity contribution in [2.24, 2.45) is 0 Å². The number of halogens is 1. The van der Waals surface area contributed by atoms with E-state index >= 15 is 0 Å². The van der Waals surface area contributed by atoms with Gasteiger partial charge in [0, 0.05) is 22.6 Å². The van der Waals surface area contributed by atoms with E-state index in [9.17, 15) is 9.59 Å². The molecule has 1 heterocycles. The number of amides is 3. The van der Waals surface area contributed by atoms with Crippen molar-refractivity contribution in [3.63, 3.8) is 0 Å². The van der Waals surface area contributed by atoms with Crippen molar-refractivity contribution in [1.29, 1.82) is 0 Å². The van der Waals surface area contributed by atoms with Crippen molar-refractivity contribution in [1.82, 2.24) is 10.3 Å². The minimum Gasteiger partial charge on any atom is -0.352 e. The summed E-state index contributed by atoms with van der Waals surface area (Å²) in [5.41, 5.74) is 3.32. The molecule has 0 saturated carbocycles. The molecule has 3 aromatic rings. The lowest BCUT2D eigenvalue weighted by Gasteiger charge is -2.06. The Bertz CT molecular complexity index is 972. The van der Waals surface area contributed by atoms with Crippen molar-refractivity contribution in [3.05, 3.63) is 75.8 Å². The number of urea groups is 1. The van der Waals surface area contributed by atoms with Crippen LogP contribution in [0.5, 0.6) is 0 Å². The monoisotopic (exact) mass is 414 g/mol. The molecule has 0 aliphatic carbocycles. The van der Waals surface area contributed by atoms with Crippen LogP contribution in [0.2, 0.25) is 5.02 Å². The highest BCUT2D eigenvalue weighted by molar-refractivity contribution is 7.14. The van der Waals surface area contributed by atoms with Crippen LogP contribution >= 0.6 is 22.9 Å². The largest absolute Gasteiger partial charge is 0.352 e. The number of hydrogen-bond acceptors (Lipinski definition) is 4. The zero-order valence-electron chi connectivity index (χ0n) is 15.2. The number of rotatable bonds is 6. The Morgan fingerprint density at radius 1 is 1.11 bits per heavy atom. The molecular weight excluding hydrogens is 396 g/mol. The molecule has 3 N–H and O–H groups in total. The summed E-state index contributed by atoms with van der Waals surface area (Å²) in [6, 6.07) is 14.4. The first-order chi connectivity index (χ1) is 13.5. The maximum atomic E-state index is 12.1. The van der Waals surface area contributed by atoms with Crippen molar-refractivity contribution in [2.45, 2.75) is 19.9 Å². The fraction of sp³-hybridized carbons (Fsp3) is 0.150. The van der Waals surface area contributed by atoms with E-state index in [1.165, 1.54) is 11.3 Å². The number of aromatic nitrogens is 1. The minimum atomic E-state index is -0.376. The molecule has 0 unspecified atom stereocenters. The normalized spacial score (nSPS) is 10.4. The summed E-state index contributed by atoms with van der Waals surface area (Å²) < 4.78 is 0. The second-order valence-electron chi connectivity index (χ2n) is 6.17.